The molecule has 0 unspecified atom stereocenters. The predicted octanol–water partition coefficient (Wildman–Crippen LogP) is 3.12. The Hall–Kier alpha value is -3.52. The van der Waals surface area contributed by atoms with Crippen LogP contribution in [0.2, 0.25) is 0 Å². The lowest BCUT2D eigenvalue weighted by Crippen LogP contribution is -2.34. The molecule has 5 rings (SSSR count). The van der Waals surface area contributed by atoms with Crippen LogP contribution in [0.15, 0.2) is 47.5 Å². The molecule has 0 radical (unpaired) electrons. The van der Waals surface area contributed by atoms with Gasteiger partial charge in [-0.25, -0.2) is 14.3 Å². The van der Waals surface area contributed by atoms with E-state index in [2.05, 4.69) is 15.4 Å². The van der Waals surface area contributed by atoms with Gasteiger partial charge in [0.15, 0.2) is 5.65 Å². The van der Waals surface area contributed by atoms with Crippen LogP contribution in [-0.4, -0.2) is 44.8 Å². The Bertz CT molecular complexity index is 1380. The van der Waals surface area contributed by atoms with Crippen molar-refractivity contribution in [2.24, 2.45) is 0 Å². The standard InChI is InChI=1S/C24H25N5O3/c1-3-32-24(31)20-13-21(27-29-14-15(2)26-22(20)29)17-4-5-19-16(12-17)8-11-28(23(19)30)18-6-9-25-10-7-18/h4-5,8,11-14,18,25H,3,6-7,9-10H2,1-2H3. The van der Waals surface area contributed by atoms with Crippen LogP contribution in [0, 0.1) is 6.92 Å². The normalized spacial score (nSPS) is 14.8. The summed E-state index contributed by atoms with van der Waals surface area (Å²) in [6.45, 7) is 5.76. The van der Waals surface area contributed by atoms with Gasteiger partial charge in [-0.05, 0) is 69.4 Å². The highest BCUT2D eigenvalue weighted by molar-refractivity contribution is 5.97. The molecule has 1 saturated heterocycles. The number of carbonyl (C=O) groups excluding carboxylic acids is 1. The maximum Gasteiger partial charge on any atom is 0.342 e. The van der Waals surface area contributed by atoms with Crippen molar-refractivity contribution in [2.75, 3.05) is 19.7 Å². The number of benzene rings is 1. The first-order chi connectivity index (χ1) is 15.5. The second-order valence-electron chi connectivity index (χ2n) is 8.13. The molecular formula is C24H25N5O3. The van der Waals surface area contributed by atoms with Gasteiger partial charge in [-0.3, -0.25) is 4.79 Å². The molecule has 8 nitrogen and oxygen atoms in total. The third-order valence-electron chi connectivity index (χ3n) is 5.97. The molecule has 4 aromatic rings. The first-order valence-corrected chi connectivity index (χ1v) is 11.0. The number of esters is 1. The summed E-state index contributed by atoms with van der Waals surface area (Å²) in [7, 11) is 0. The number of hydrogen-bond acceptors (Lipinski definition) is 6. The summed E-state index contributed by atoms with van der Waals surface area (Å²) in [5, 5.41) is 9.51. The van der Waals surface area contributed by atoms with Gasteiger partial charge in [0.1, 0.15) is 5.56 Å². The van der Waals surface area contributed by atoms with Gasteiger partial charge in [-0.15, -0.1) is 0 Å². The highest BCUT2D eigenvalue weighted by atomic mass is 16.5. The molecule has 0 aliphatic carbocycles. The minimum atomic E-state index is -0.433. The number of piperidine rings is 1. The van der Waals surface area contributed by atoms with Gasteiger partial charge in [0.05, 0.1) is 24.2 Å². The Labute approximate surface area is 184 Å². The molecule has 1 N–H and O–H groups in total. The largest absolute Gasteiger partial charge is 0.462 e. The Morgan fingerprint density at radius 3 is 2.81 bits per heavy atom. The number of imidazole rings is 1. The van der Waals surface area contributed by atoms with Crippen LogP contribution in [-0.2, 0) is 4.74 Å². The number of fused-ring (bicyclic) bond motifs is 2. The van der Waals surface area contributed by atoms with Gasteiger partial charge >= 0.3 is 5.97 Å². The Balaban J connectivity index is 1.60. The molecule has 0 bridgehead atoms. The first kappa shape index (κ1) is 20.4. The third-order valence-corrected chi connectivity index (χ3v) is 5.97. The SMILES string of the molecule is CCOC(=O)c1cc(-c2ccc3c(=O)n(C4CCNCC4)ccc3c2)nn2cc(C)nc12. The molecule has 1 aromatic carbocycles. The Morgan fingerprint density at radius 2 is 2.03 bits per heavy atom. The first-order valence-electron chi connectivity index (χ1n) is 11.0. The van der Waals surface area contributed by atoms with Crippen molar-refractivity contribution in [1.82, 2.24) is 24.5 Å². The van der Waals surface area contributed by atoms with Gasteiger partial charge in [-0.2, -0.15) is 5.10 Å². The summed E-state index contributed by atoms with van der Waals surface area (Å²) in [6.07, 6.45) is 5.58. The lowest BCUT2D eigenvalue weighted by Gasteiger charge is -2.25. The van der Waals surface area contributed by atoms with Crippen molar-refractivity contribution in [3.05, 3.63) is 64.3 Å². The van der Waals surface area contributed by atoms with Crippen LogP contribution >= 0.6 is 0 Å². The predicted molar refractivity (Wildman–Crippen MR) is 122 cm³/mol. The summed E-state index contributed by atoms with van der Waals surface area (Å²) >= 11 is 0. The molecule has 32 heavy (non-hydrogen) atoms. The maximum absolute atomic E-state index is 13.1. The van der Waals surface area contributed by atoms with E-state index in [0.29, 0.717) is 22.3 Å². The summed E-state index contributed by atoms with van der Waals surface area (Å²) < 4.78 is 8.69. The monoisotopic (exact) mass is 431 g/mol. The summed E-state index contributed by atoms with van der Waals surface area (Å²) in [5.74, 6) is -0.433. The van der Waals surface area contributed by atoms with Crippen molar-refractivity contribution >= 4 is 22.4 Å². The van der Waals surface area contributed by atoms with Crippen molar-refractivity contribution in [3.8, 4) is 11.3 Å². The van der Waals surface area contributed by atoms with Crippen molar-refractivity contribution in [2.45, 2.75) is 32.7 Å². The molecule has 0 atom stereocenters. The lowest BCUT2D eigenvalue weighted by atomic mass is 10.0. The summed E-state index contributed by atoms with van der Waals surface area (Å²) in [5.41, 5.74) is 3.05. The molecule has 3 aromatic heterocycles. The van der Waals surface area contributed by atoms with Crippen molar-refractivity contribution in [3.63, 3.8) is 0 Å². The van der Waals surface area contributed by atoms with E-state index in [0.717, 1.165) is 42.6 Å². The molecule has 1 fully saturated rings. The molecule has 8 heteroatoms. The van der Waals surface area contributed by atoms with Crippen LogP contribution in [0.5, 0.6) is 0 Å². The zero-order valence-electron chi connectivity index (χ0n) is 18.2. The van der Waals surface area contributed by atoms with Crippen molar-refractivity contribution in [1.29, 1.82) is 0 Å². The minimum Gasteiger partial charge on any atom is -0.462 e. The van der Waals surface area contributed by atoms with Crippen LogP contribution in [0.3, 0.4) is 0 Å². The van der Waals surface area contributed by atoms with Crippen LogP contribution < -0.4 is 10.9 Å². The minimum absolute atomic E-state index is 0.0295. The smallest absolute Gasteiger partial charge is 0.342 e. The van der Waals surface area contributed by atoms with Crippen LogP contribution in [0.1, 0.15) is 41.9 Å². The molecule has 4 heterocycles. The van der Waals surface area contributed by atoms with Crippen LogP contribution in [0.25, 0.3) is 27.7 Å². The van der Waals surface area contributed by atoms with E-state index in [1.165, 1.54) is 0 Å². The molecule has 0 spiro atoms. The Morgan fingerprint density at radius 1 is 1.22 bits per heavy atom. The number of aryl methyl sites for hydroxylation is 1. The number of aromatic nitrogens is 4. The fourth-order valence-electron chi connectivity index (χ4n) is 4.39. The average Bonchev–Trinajstić information content (AvgIpc) is 3.19. The average molecular weight is 431 g/mol. The van der Waals surface area contributed by atoms with Gasteiger partial charge in [0, 0.05) is 23.2 Å². The second kappa shape index (κ2) is 8.20. The molecule has 0 saturated carbocycles. The third kappa shape index (κ3) is 3.56. The van der Waals surface area contributed by atoms with Crippen LogP contribution in [0.4, 0.5) is 0 Å². The summed E-state index contributed by atoms with van der Waals surface area (Å²) in [6, 6.07) is 9.58. The number of rotatable bonds is 4. The van der Waals surface area contributed by atoms with Gasteiger partial charge in [0.25, 0.3) is 5.56 Å². The summed E-state index contributed by atoms with van der Waals surface area (Å²) in [4.78, 5) is 30.1. The zero-order valence-corrected chi connectivity index (χ0v) is 18.2. The van der Waals surface area contributed by atoms with E-state index in [1.54, 1.807) is 23.7 Å². The highest BCUT2D eigenvalue weighted by Crippen LogP contribution is 2.25. The second-order valence-corrected chi connectivity index (χ2v) is 8.13. The fraction of sp³-hybridized carbons (Fsp3) is 0.333. The van der Waals surface area contributed by atoms with Gasteiger partial charge < -0.3 is 14.6 Å². The van der Waals surface area contributed by atoms with E-state index in [9.17, 15) is 9.59 Å². The van der Waals surface area contributed by atoms with E-state index in [4.69, 9.17) is 4.74 Å². The number of pyridine rings is 1. The molecule has 164 valence electrons. The van der Waals surface area contributed by atoms with Crippen molar-refractivity contribution < 1.29 is 9.53 Å². The van der Waals surface area contributed by atoms with Gasteiger partial charge in [0.2, 0.25) is 0 Å². The maximum atomic E-state index is 13.1. The highest BCUT2D eigenvalue weighted by Gasteiger charge is 2.19. The quantitative estimate of drug-likeness (QED) is 0.500. The molecule has 1 aliphatic heterocycles. The number of carbonyl (C=O) groups is 1. The number of nitrogens with one attached hydrogen (secondary N) is 1. The number of nitrogens with zero attached hydrogens (tertiary/aromatic N) is 4. The zero-order chi connectivity index (χ0) is 22.2. The molecule has 0 amide bonds. The van der Waals surface area contributed by atoms with E-state index >= 15 is 0 Å². The number of hydrogen-bond donors (Lipinski definition) is 1. The van der Waals surface area contributed by atoms with E-state index in [-0.39, 0.29) is 18.2 Å². The molecular weight excluding hydrogens is 406 g/mol. The Kier molecular flexibility index (Phi) is 5.22. The lowest BCUT2D eigenvalue weighted by molar-refractivity contribution is 0.0528. The van der Waals surface area contributed by atoms with Gasteiger partial charge in [-0.1, -0.05) is 6.07 Å². The fourth-order valence-corrected chi connectivity index (χ4v) is 4.39. The number of ether oxygens (including phenoxy) is 1. The van der Waals surface area contributed by atoms with E-state index < -0.39 is 5.97 Å². The van der Waals surface area contributed by atoms with E-state index in [1.807, 2.05) is 42.0 Å². The topological polar surface area (TPSA) is 90.5 Å². The molecule has 1 aliphatic rings.